The van der Waals surface area contributed by atoms with E-state index in [4.69, 9.17) is 23.2 Å². The molecule has 22 heavy (non-hydrogen) atoms. The van der Waals surface area contributed by atoms with Gasteiger partial charge in [-0.15, -0.1) is 0 Å². The summed E-state index contributed by atoms with van der Waals surface area (Å²) in [6.45, 7) is 5.14. The first kappa shape index (κ1) is 17.5. The summed E-state index contributed by atoms with van der Waals surface area (Å²) in [5, 5.41) is 11.1. The van der Waals surface area contributed by atoms with Crippen LogP contribution in [0.25, 0.3) is 0 Å². The summed E-state index contributed by atoms with van der Waals surface area (Å²) in [6.07, 6.45) is 0.628. The number of nitrogens with zero attached hydrogens (tertiary/aromatic N) is 2. The van der Waals surface area contributed by atoms with E-state index >= 15 is 0 Å². The van der Waals surface area contributed by atoms with Crippen LogP contribution in [0.4, 0.5) is 0 Å². The highest BCUT2D eigenvalue weighted by atomic mass is 35.5. The van der Waals surface area contributed by atoms with Gasteiger partial charge in [-0.1, -0.05) is 30.1 Å². The number of piperidine rings is 1. The molecule has 0 bridgehead atoms. The molecule has 1 saturated heterocycles. The Balaban J connectivity index is 2.03. The molecular formula is C16H22Cl2N2O2. The lowest BCUT2D eigenvalue weighted by Crippen LogP contribution is -2.46. The monoisotopic (exact) mass is 344 g/mol. The lowest BCUT2D eigenvalue weighted by Gasteiger charge is -2.37. The highest BCUT2D eigenvalue weighted by Gasteiger charge is 2.29. The average molecular weight is 345 g/mol. The van der Waals surface area contributed by atoms with Crippen LogP contribution in [0, 0.1) is 0 Å². The molecule has 0 spiro atoms. The van der Waals surface area contributed by atoms with Crippen molar-refractivity contribution in [3.8, 4) is 0 Å². The van der Waals surface area contributed by atoms with Crippen LogP contribution < -0.4 is 0 Å². The van der Waals surface area contributed by atoms with Crippen molar-refractivity contribution < 1.29 is 9.90 Å². The molecule has 1 aromatic carbocycles. The molecule has 1 fully saturated rings. The van der Waals surface area contributed by atoms with E-state index in [9.17, 15) is 9.90 Å². The second-order valence-electron chi connectivity index (χ2n) is 5.72. The number of likely N-dealkylation sites (N-methyl/N-ethyl adjacent to an activating group) is 1. The number of hydrogen-bond donors (Lipinski definition) is 1. The first-order valence-electron chi connectivity index (χ1n) is 7.55. The summed E-state index contributed by atoms with van der Waals surface area (Å²) in [5.74, 6) is -0.312. The Labute approximate surface area is 141 Å². The minimum absolute atomic E-state index is 0.166. The Kier molecular flexibility index (Phi) is 6.09. The Morgan fingerprint density at radius 1 is 1.32 bits per heavy atom. The maximum absolute atomic E-state index is 12.5. The van der Waals surface area contributed by atoms with Gasteiger partial charge in [0.05, 0.1) is 0 Å². The van der Waals surface area contributed by atoms with Crippen LogP contribution >= 0.6 is 23.2 Å². The molecule has 2 rings (SSSR count). The number of aliphatic hydroxyl groups is 1. The van der Waals surface area contributed by atoms with Crippen molar-refractivity contribution in [1.29, 1.82) is 0 Å². The predicted molar refractivity (Wildman–Crippen MR) is 89.3 cm³/mol. The van der Waals surface area contributed by atoms with Crippen molar-refractivity contribution in [3.05, 3.63) is 33.8 Å². The first-order chi connectivity index (χ1) is 10.4. The summed E-state index contributed by atoms with van der Waals surface area (Å²) in [5.41, 5.74) is 0.431. The van der Waals surface area contributed by atoms with Gasteiger partial charge in [-0.3, -0.25) is 4.79 Å². The SMILES string of the molecule is CCN1CCC(N(C)C(=O)C(O)c2cc(Cl)cc(Cl)c2)CC1. The van der Waals surface area contributed by atoms with E-state index in [-0.39, 0.29) is 11.9 Å². The molecular weight excluding hydrogens is 323 g/mol. The van der Waals surface area contributed by atoms with E-state index in [1.165, 1.54) is 0 Å². The molecule has 122 valence electrons. The molecule has 1 aromatic rings. The molecule has 1 aliphatic heterocycles. The Morgan fingerprint density at radius 2 is 1.86 bits per heavy atom. The minimum atomic E-state index is -1.23. The number of rotatable bonds is 4. The van der Waals surface area contributed by atoms with Gasteiger partial charge in [0.15, 0.2) is 6.10 Å². The second-order valence-corrected chi connectivity index (χ2v) is 6.59. The fraction of sp³-hybridized carbons (Fsp3) is 0.562. The summed E-state index contributed by atoms with van der Waals surface area (Å²) >= 11 is 11.9. The highest BCUT2D eigenvalue weighted by Crippen LogP contribution is 2.26. The molecule has 1 aliphatic rings. The fourth-order valence-corrected chi connectivity index (χ4v) is 3.41. The standard InChI is InChI=1S/C16H22Cl2N2O2/c1-3-20-6-4-14(5-7-20)19(2)16(22)15(21)11-8-12(17)10-13(18)9-11/h8-10,14-15,21H,3-7H2,1-2H3. The summed E-state index contributed by atoms with van der Waals surface area (Å²) < 4.78 is 0. The van der Waals surface area contributed by atoms with Crippen LogP contribution in [0.5, 0.6) is 0 Å². The Bertz CT molecular complexity index is 511. The van der Waals surface area contributed by atoms with E-state index in [1.54, 1.807) is 30.1 Å². The molecule has 4 nitrogen and oxygen atoms in total. The Morgan fingerprint density at radius 3 is 2.36 bits per heavy atom. The van der Waals surface area contributed by atoms with E-state index in [0.717, 1.165) is 32.5 Å². The van der Waals surface area contributed by atoms with Gasteiger partial charge in [0.2, 0.25) is 0 Å². The molecule has 0 aromatic heterocycles. The smallest absolute Gasteiger partial charge is 0.256 e. The number of halogens is 2. The topological polar surface area (TPSA) is 43.8 Å². The van der Waals surface area contributed by atoms with Gasteiger partial charge in [-0.05, 0) is 43.1 Å². The van der Waals surface area contributed by atoms with Crippen LogP contribution in [0.3, 0.4) is 0 Å². The maximum Gasteiger partial charge on any atom is 0.256 e. The normalized spacial score (nSPS) is 18.2. The van der Waals surface area contributed by atoms with Gasteiger partial charge in [-0.2, -0.15) is 0 Å². The van der Waals surface area contributed by atoms with E-state index < -0.39 is 6.10 Å². The predicted octanol–water partition coefficient (Wildman–Crippen LogP) is 2.97. The third-order valence-electron chi connectivity index (χ3n) is 4.33. The third-order valence-corrected chi connectivity index (χ3v) is 4.77. The zero-order valence-electron chi connectivity index (χ0n) is 12.9. The van der Waals surface area contributed by atoms with E-state index in [0.29, 0.717) is 15.6 Å². The van der Waals surface area contributed by atoms with Crippen LogP contribution in [-0.2, 0) is 4.79 Å². The van der Waals surface area contributed by atoms with Gasteiger partial charge in [0.25, 0.3) is 5.91 Å². The number of benzene rings is 1. The molecule has 1 atom stereocenters. The maximum atomic E-state index is 12.5. The third kappa shape index (κ3) is 4.13. The molecule has 6 heteroatoms. The zero-order chi connectivity index (χ0) is 16.3. The van der Waals surface area contributed by atoms with Crippen LogP contribution in [0.15, 0.2) is 18.2 Å². The lowest BCUT2D eigenvalue weighted by atomic mass is 10.0. The van der Waals surface area contributed by atoms with Crippen molar-refractivity contribution >= 4 is 29.1 Å². The van der Waals surface area contributed by atoms with Crippen LogP contribution in [-0.4, -0.2) is 53.5 Å². The molecule has 1 unspecified atom stereocenters. The minimum Gasteiger partial charge on any atom is -0.378 e. The van der Waals surface area contributed by atoms with Gasteiger partial charge in [0, 0.05) is 36.2 Å². The molecule has 0 saturated carbocycles. The number of amides is 1. The van der Waals surface area contributed by atoms with Gasteiger partial charge in [0.1, 0.15) is 0 Å². The van der Waals surface area contributed by atoms with Crippen molar-refractivity contribution in [2.75, 3.05) is 26.7 Å². The lowest BCUT2D eigenvalue weighted by molar-refractivity contribution is -0.142. The quantitative estimate of drug-likeness (QED) is 0.913. The van der Waals surface area contributed by atoms with Crippen molar-refractivity contribution in [2.24, 2.45) is 0 Å². The van der Waals surface area contributed by atoms with E-state index in [1.807, 2.05) is 0 Å². The fourth-order valence-electron chi connectivity index (χ4n) is 2.87. The number of carbonyl (C=O) groups excluding carboxylic acids is 1. The van der Waals surface area contributed by atoms with Gasteiger partial charge >= 0.3 is 0 Å². The Hall–Kier alpha value is -0.810. The second kappa shape index (κ2) is 7.64. The summed E-state index contributed by atoms with van der Waals surface area (Å²) in [6, 6.07) is 4.89. The number of hydrogen-bond acceptors (Lipinski definition) is 3. The molecule has 1 heterocycles. The van der Waals surface area contributed by atoms with Crippen molar-refractivity contribution in [3.63, 3.8) is 0 Å². The van der Waals surface area contributed by atoms with Crippen LogP contribution in [0.2, 0.25) is 10.0 Å². The van der Waals surface area contributed by atoms with Gasteiger partial charge < -0.3 is 14.9 Å². The summed E-state index contributed by atoms with van der Waals surface area (Å²) in [7, 11) is 1.75. The molecule has 0 aliphatic carbocycles. The largest absolute Gasteiger partial charge is 0.378 e. The number of carbonyl (C=O) groups is 1. The highest BCUT2D eigenvalue weighted by molar-refractivity contribution is 6.34. The van der Waals surface area contributed by atoms with Crippen LogP contribution in [0.1, 0.15) is 31.4 Å². The molecule has 1 amide bonds. The molecule has 1 N–H and O–H groups in total. The van der Waals surface area contributed by atoms with Crippen molar-refractivity contribution in [1.82, 2.24) is 9.80 Å². The van der Waals surface area contributed by atoms with Gasteiger partial charge in [-0.25, -0.2) is 0 Å². The molecule has 0 radical (unpaired) electrons. The van der Waals surface area contributed by atoms with Crippen molar-refractivity contribution in [2.45, 2.75) is 31.9 Å². The first-order valence-corrected chi connectivity index (χ1v) is 8.31. The number of aliphatic hydroxyl groups excluding tert-OH is 1. The summed E-state index contributed by atoms with van der Waals surface area (Å²) in [4.78, 5) is 16.5. The average Bonchev–Trinajstić information content (AvgIpc) is 2.52. The zero-order valence-corrected chi connectivity index (χ0v) is 14.4. The van der Waals surface area contributed by atoms with E-state index in [2.05, 4.69) is 11.8 Å². The number of likely N-dealkylation sites (tertiary alicyclic amines) is 1.